The standard InChI is InChI=1S/C11H12BrF3O2/c12-9-2-1-3-10(8-9)17-7-6-16-5-4-11(13,14)15/h1-3,8H,4-7H2. The van der Waals surface area contributed by atoms with Crippen molar-refractivity contribution in [2.45, 2.75) is 12.6 Å². The van der Waals surface area contributed by atoms with Crippen LogP contribution in [0.4, 0.5) is 13.2 Å². The SMILES string of the molecule is FC(F)(F)CCOCCOc1cccc(Br)c1. The van der Waals surface area contributed by atoms with Gasteiger partial charge in [0.1, 0.15) is 12.4 Å². The monoisotopic (exact) mass is 312 g/mol. The zero-order valence-electron chi connectivity index (χ0n) is 8.97. The van der Waals surface area contributed by atoms with Crippen molar-refractivity contribution in [3.63, 3.8) is 0 Å². The zero-order chi connectivity index (χ0) is 12.7. The van der Waals surface area contributed by atoms with Crippen LogP contribution in [-0.2, 0) is 4.74 Å². The molecule has 2 nitrogen and oxygen atoms in total. The zero-order valence-corrected chi connectivity index (χ0v) is 10.6. The van der Waals surface area contributed by atoms with Crippen LogP contribution in [0, 0.1) is 0 Å². The first-order valence-electron chi connectivity index (χ1n) is 5.00. The van der Waals surface area contributed by atoms with Crippen LogP contribution in [0.3, 0.4) is 0 Å². The van der Waals surface area contributed by atoms with Gasteiger partial charge >= 0.3 is 6.18 Å². The highest BCUT2D eigenvalue weighted by Gasteiger charge is 2.26. The van der Waals surface area contributed by atoms with Crippen LogP contribution in [0.25, 0.3) is 0 Å². The largest absolute Gasteiger partial charge is 0.491 e. The average Bonchev–Trinajstić information content (AvgIpc) is 2.22. The maximum atomic E-state index is 11.8. The quantitative estimate of drug-likeness (QED) is 0.744. The molecule has 0 N–H and O–H groups in total. The Morgan fingerprint density at radius 2 is 1.88 bits per heavy atom. The van der Waals surface area contributed by atoms with Crippen molar-refractivity contribution in [3.8, 4) is 5.75 Å². The summed E-state index contributed by atoms with van der Waals surface area (Å²) in [7, 11) is 0. The third-order valence-electron chi connectivity index (χ3n) is 1.82. The number of benzene rings is 1. The molecule has 6 heteroatoms. The van der Waals surface area contributed by atoms with Crippen molar-refractivity contribution in [2.75, 3.05) is 19.8 Å². The first kappa shape index (κ1) is 14.3. The van der Waals surface area contributed by atoms with Crippen LogP contribution < -0.4 is 4.74 Å². The van der Waals surface area contributed by atoms with Gasteiger partial charge in [-0.05, 0) is 18.2 Å². The van der Waals surface area contributed by atoms with E-state index in [0.29, 0.717) is 5.75 Å². The highest BCUT2D eigenvalue weighted by Crippen LogP contribution is 2.19. The minimum absolute atomic E-state index is 0.141. The van der Waals surface area contributed by atoms with E-state index in [2.05, 4.69) is 15.9 Å². The number of hydrogen-bond donors (Lipinski definition) is 0. The number of ether oxygens (including phenoxy) is 2. The van der Waals surface area contributed by atoms with Crippen LogP contribution in [-0.4, -0.2) is 26.0 Å². The van der Waals surface area contributed by atoms with E-state index in [4.69, 9.17) is 9.47 Å². The molecule has 0 unspecified atom stereocenters. The van der Waals surface area contributed by atoms with Crippen molar-refractivity contribution >= 4 is 15.9 Å². The van der Waals surface area contributed by atoms with Crippen molar-refractivity contribution in [1.29, 1.82) is 0 Å². The molecule has 0 aliphatic rings. The van der Waals surface area contributed by atoms with Gasteiger partial charge in [0.2, 0.25) is 0 Å². The molecule has 0 aromatic heterocycles. The lowest BCUT2D eigenvalue weighted by Crippen LogP contribution is -2.14. The van der Waals surface area contributed by atoms with E-state index >= 15 is 0 Å². The fraction of sp³-hybridized carbons (Fsp3) is 0.455. The summed E-state index contributed by atoms with van der Waals surface area (Å²) in [6.45, 7) is 0.0439. The normalized spacial score (nSPS) is 11.5. The molecule has 0 saturated carbocycles. The molecule has 0 bridgehead atoms. The van der Waals surface area contributed by atoms with Gasteiger partial charge in [0.15, 0.2) is 0 Å². The molecule has 1 aromatic rings. The smallest absolute Gasteiger partial charge is 0.391 e. The second-order valence-electron chi connectivity index (χ2n) is 3.28. The van der Waals surface area contributed by atoms with Crippen molar-refractivity contribution in [2.24, 2.45) is 0 Å². The summed E-state index contributed by atoms with van der Waals surface area (Å²) < 4.78 is 46.2. The molecule has 0 aliphatic heterocycles. The summed E-state index contributed by atoms with van der Waals surface area (Å²) in [5, 5.41) is 0. The Hall–Kier alpha value is -0.750. The lowest BCUT2D eigenvalue weighted by atomic mass is 10.3. The molecule has 96 valence electrons. The number of halogens is 4. The Labute approximate surface area is 106 Å². The molecule has 0 amide bonds. The molecule has 0 aliphatic carbocycles. The summed E-state index contributed by atoms with van der Waals surface area (Å²) in [6, 6.07) is 7.20. The molecule has 0 fully saturated rings. The van der Waals surface area contributed by atoms with Gasteiger partial charge < -0.3 is 9.47 Å². The van der Waals surface area contributed by atoms with Gasteiger partial charge in [-0.2, -0.15) is 13.2 Å². The van der Waals surface area contributed by atoms with Gasteiger partial charge in [-0.1, -0.05) is 22.0 Å². The number of hydrogen-bond acceptors (Lipinski definition) is 2. The van der Waals surface area contributed by atoms with Crippen molar-refractivity contribution in [1.82, 2.24) is 0 Å². The average molecular weight is 313 g/mol. The number of alkyl halides is 3. The lowest BCUT2D eigenvalue weighted by Gasteiger charge is -2.08. The van der Waals surface area contributed by atoms with Gasteiger partial charge in [-0.3, -0.25) is 0 Å². The van der Waals surface area contributed by atoms with E-state index < -0.39 is 12.6 Å². The first-order chi connectivity index (χ1) is 7.97. The summed E-state index contributed by atoms with van der Waals surface area (Å²) in [5.74, 6) is 0.652. The van der Waals surface area contributed by atoms with E-state index in [-0.39, 0.29) is 19.8 Å². The van der Waals surface area contributed by atoms with Gasteiger partial charge in [0.25, 0.3) is 0 Å². The molecular weight excluding hydrogens is 301 g/mol. The lowest BCUT2D eigenvalue weighted by molar-refractivity contribution is -0.145. The van der Waals surface area contributed by atoms with Crippen LogP contribution in [0.15, 0.2) is 28.7 Å². The Morgan fingerprint density at radius 3 is 2.53 bits per heavy atom. The molecule has 0 atom stereocenters. The topological polar surface area (TPSA) is 18.5 Å². The molecule has 1 aromatic carbocycles. The first-order valence-corrected chi connectivity index (χ1v) is 5.79. The Balaban J connectivity index is 2.09. The van der Waals surface area contributed by atoms with E-state index in [1.807, 2.05) is 12.1 Å². The summed E-state index contributed by atoms with van der Waals surface area (Å²) in [5.41, 5.74) is 0. The summed E-state index contributed by atoms with van der Waals surface area (Å²) >= 11 is 3.28. The van der Waals surface area contributed by atoms with Crippen molar-refractivity contribution < 1.29 is 22.6 Å². The molecule has 17 heavy (non-hydrogen) atoms. The second kappa shape index (κ2) is 6.86. The fourth-order valence-corrected chi connectivity index (χ4v) is 1.44. The minimum Gasteiger partial charge on any atom is -0.491 e. The highest BCUT2D eigenvalue weighted by atomic mass is 79.9. The van der Waals surface area contributed by atoms with Crippen molar-refractivity contribution in [3.05, 3.63) is 28.7 Å². The molecular formula is C11H12BrF3O2. The number of rotatable bonds is 6. The maximum Gasteiger partial charge on any atom is 0.391 e. The fourth-order valence-electron chi connectivity index (χ4n) is 1.07. The predicted octanol–water partition coefficient (Wildman–Crippen LogP) is 3.80. The van der Waals surface area contributed by atoms with Gasteiger partial charge in [0.05, 0.1) is 19.6 Å². The highest BCUT2D eigenvalue weighted by molar-refractivity contribution is 9.10. The Morgan fingerprint density at radius 1 is 1.12 bits per heavy atom. The predicted molar refractivity (Wildman–Crippen MR) is 61.1 cm³/mol. The van der Waals surface area contributed by atoms with E-state index in [9.17, 15) is 13.2 Å². The molecule has 0 heterocycles. The van der Waals surface area contributed by atoms with E-state index in [0.717, 1.165) is 4.47 Å². The van der Waals surface area contributed by atoms with Crippen LogP contribution >= 0.6 is 15.9 Å². The minimum atomic E-state index is -4.16. The van der Waals surface area contributed by atoms with Crippen LogP contribution in [0.2, 0.25) is 0 Å². The maximum absolute atomic E-state index is 11.8. The molecule has 0 saturated heterocycles. The van der Waals surface area contributed by atoms with Gasteiger partial charge in [0, 0.05) is 4.47 Å². The third kappa shape index (κ3) is 7.23. The van der Waals surface area contributed by atoms with Crippen LogP contribution in [0.5, 0.6) is 5.75 Å². The summed E-state index contributed by atoms with van der Waals surface area (Å²) in [4.78, 5) is 0. The second-order valence-corrected chi connectivity index (χ2v) is 4.20. The van der Waals surface area contributed by atoms with Crippen LogP contribution in [0.1, 0.15) is 6.42 Å². The Kier molecular flexibility index (Phi) is 5.77. The Bertz CT molecular complexity index is 342. The molecule has 1 rings (SSSR count). The van der Waals surface area contributed by atoms with E-state index in [1.165, 1.54) is 0 Å². The molecule has 0 spiro atoms. The summed E-state index contributed by atoms with van der Waals surface area (Å²) in [6.07, 6.45) is -5.09. The third-order valence-corrected chi connectivity index (χ3v) is 2.32. The van der Waals surface area contributed by atoms with Gasteiger partial charge in [-0.25, -0.2) is 0 Å². The molecule has 0 radical (unpaired) electrons. The van der Waals surface area contributed by atoms with E-state index in [1.54, 1.807) is 12.1 Å². The van der Waals surface area contributed by atoms with Gasteiger partial charge in [-0.15, -0.1) is 0 Å².